The van der Waals surface area contributed by atoms with E-state index in [9.17, 15) is 4.79 Å². The zero-order chi connectivity index (χ0) is 31.4. The molecule has 0 radical (unpaired) electrons. The molecule has 0 fully saturated rings. The molecule has 5 nitrogen and oxygen atoms in total. The highest BCUT2D eigenvalue weighted by atomic mass is 16.5. The zero-order valence-corrected chi connectivity index (χ0v) is 26.4. The molecule has 5 aromatic rings. The standard InChI is InChI=1S/C40H40O5/c1-27(23-42-4)25-44-34-17-13-32(14-18-34)40(33-15-19-35(20-16-33)45-26-28(2)24-43-29(3)41)38-12-8-7-11-36(38)37-21-30-9-5-6-10-31(30)22-39(37)40/h5-22,27-28H,23-26H2,1-4H3. The van der Waals surface area contributed by atoms with Crippen molar-refractivity contribution in [2.45, 2.75) is 26.2 Å². The number of rotatable bonds is 12. The topological polar surface area (TPSA) is 54.0 Å². The van der Waals surface area contributed by atoms with Crippen molar-refractivity contribution >= 4 is 16.7 Å². The van der Waals surface area contributed by atoms with Gasteiger partial charge in [0.1, 0.15) is 11.5 Å². The van der Waals surface area contributed by atoms with Crippen molar-refractivity contribution in [2.24, 2.45) is 11.8 Å². The number of esters is 1. The smallest absolute Gasteiger partial charge is 0.302 e. The molecule has 230 valence electrons. The highest BCUT2D eigenvalue weighted by molar-refractivity contribution is 5.95. The molecule has 1 aliphatic rings. The molecule has 5 aromatic carbocycles. The summed E-state index contributed by atoms with van der Waals surface area (Å²) in [6, 6.07) is 39.1. The Labute approximate surface area is 265 Å². The van der Waals surface area contributed by atoms with Crippen LogP contribution < -0.4 is 9.47 Å². The predicted molar refractivity (Wildman–Crippen MR) is 179 cm³/mol. The van der Waals surface area contributed by atoms with E-state index in [-0.39, 0.29) is 11.9 Å². The van der Waals surface area contributed by atoms with Gasteiger partial charge in [-0.1, -0.05) is 86.6 Å². The van der Waals surface area contributed by atoms with Crippen molar-refractivity contribution in [2.75, 3.05) is 33.5 Å². The fourth-order valence-electron chi connectivity index (χ4n) is 6.47. The minimum Gasteiger partial charge on any atom is -0.493 e. The lowest BCUT2D eigenvalue weighted by Gasteiger charge is -2.34. The van der Waals surface area contributed by atoms with Crippen LogP contribution >= 0.6 is 0 Å². The van der Waals surface area contributed by atoms with Crippen molar-refractivity contribution in [3.8, 4) is 22.6 Å². The molecule has 5 heteroatoms. The first-order valence-corrected chi connectivity index (χ1v) is 15.6. The molecule has 0 aromatic heterocycles. The first kappa shape index (κ1) is 30.4. The quantitative estimate of drug-likeness (QED) is 0.132. The number of ether oxygens (including phenoxy) is 4. The first-order chi connectivity index (χ1) is 21.9. The van der Waals surface area contributed by atoms with E-state index in [2.05, 4.69) is 104 Å². The van der Waals surface area contributed by atoms with Gasteiger partial charge in [0.15, 0.2) is 0 Å². The highest BCUT2D eigenvalue weighted by Crippen LogP contribution is 2.57. The summed E-state index contributed by atoms with van der Waals surface area (Å²) in [5.41, 5.74) is 6.79. The maximum Gasteiger partial charge on any atom is 0.302 e. The monoisotopic (exact) mass is 600 g/mol. The fourth-order valence-corrected chi connectivity index (χ4v) is 6.47. The van der Waals surface area contributed by atoms with Crippen molar-refractivity contribution in [3.63, 3.8) is 0 Å². The maximum absolute atomic E-state index is 11.2. The van der Waals surface area contributed by atoms with Crippen molar-refractivity contribution in [3.05, 3.63) is 131 Å². The van der Waals surface area contributed by atoms with Crippen LogP contribution in [0, 0.1) is 11.8 Å². The van der Waals surface area contributed by atoms with Crippen LogP contribution in [-0.4, -0.2) is 39.5 Å². The van der Waals surface area contributed by atoms with Gasteiger partial charge in [-0.05, 0) is 80.6 Å². The van der Waals surface area contributed by atoms with Crippen LogP contribution in [-0.2, 0) is 19.7 Å². The second kappa shape index (κ2) is 13.2. The SMILES string of the molecule is COCC(C)COc1ccc(C2(c3ccc(OCC(C)COC(C)=O)cc3)c3ccccc3-c3cc4ccccc4cc32)cc1. The van der Waals surface area contributed by atoms with Crippen LogP contribution in [0.2, 0.25) is 0 Å². The van der Waals surface area contributed by atoms with Gasteiger partial charge in [-0.2, -0.15) is 0 Å². The Morgan fingerprint density at radius 1 is 0.622 bits per heavy atom. The second-order valence-corrected chi connectivity index (χ2v) is 12.2. The second-order valence-electron chi connectivity index (χ2n) is 12.2. The number of benzene rings is 5. The average Bonchev–Trinajstić information content (AvgIpc) is 3.35. The van der Waals surface area contributed by atoms with Crippen LogP contribution in [0.4, 0.5) is 0 Å². The molecular weight excluding hydrogens is 560 g/mol. The van der Waals surface area contributed by atoms with Crippen LogP contribution in [0.5, 0.6) is 11.5 Å². The number of hydrogen-bond donors (Lipinski definition) is 0. The summed E-state index contributed by atoms with van der Waals surface area (Å²) in [4.78, 5) is 11.2. The van der Waals surface area contributed by atoms with E-state index in [0.717, 1.165) is 17.1 Å². The van der Waals surface area contributed by atoms with Crippen LogP contribution in [0.15, 0.2) is 109 Å². The summed E-state index contributed by atoms with van der Waals surface area (Å²) in [6.45, 7) is 7.61. The molecule has 0 amide bonds. The van der Waals surface area contributed by atoms with Crippen LogP contribution in [0.25, 0.3) is 21.9 Å². The van der Waals surface area contributed by atoms with E-state index in [0.29, 0.717) is 32.3 Å². The molecule has 3 unspecified atom stereocenters. The summed E-state index contributed by atoms with van der Waals surface area (Å²) in [5.74, 6) is 1.73. The van der Waals surface area contributed by atoms with Gasteiger partial charge in [0.05, 0.1) is 31.8 Å². The maximum atomic E-state index is 11.2. The van der Waals surface area contributed by atoms with E-state index in [1.807, 2.05) is 19.1 Å². The Morgan fingerprint density at radius 3 is 1.73 bits per heavy atom. The number of carbonyl (C=O) groups excluding carboxylic acids is 1. The molecule has 6 rings (SSSR count). The number of fused-ring (bicyclic) bond motifs is 4. The number of carbonyl (C=O) groups is 1. The Morgan fingerprint density at radius 2 is 1.16 bits per heavy atom. The summed E-state index contributed by atoms with van der Waals surface area (Å²) >= 11 is 0. The third-order valence-corrected chi connectivity index (χ3v) is 8.58. The van der Waals surface area contributed by atoms with Crippen LogP contribution in [0.1, 0.15) is 43.0 Å². The molecule has 0 heterocycles. The van der Waals surface area contributed by atoms with Gasteiger partial charge in [-0.3, -0.25) is 4.79 Å². The lowest BCUT2D eigenvalue weighted by molar-refractivity contribution is -0.142. The normalized spacial score (nSPS) is 16.4. The van der Waals surface area contributed by atoms with Gasteiger partial charge in [0, 0.05) is 25.9 Å². The van der Waals surface area contributed by atoms with Crippen molar-refractivity contribution in [1.29, 1.82) is 0 Å². The van der Waals surface area contributed by atoms with Gasteiger partial charge >= 0.3 is 5.97 Å². The molecule has 0 aliphatic heterocycles. The molecule has 0 bridgehead atoms. The van der Waals surface area contributed by atoms with E-state index in [4.69, 9.17) is 18.9 Å². The Hall–Kier alpha value is -4.61. The van der Waals surface area contributed by atoms with Crippen molar-refractivity contribution < 1.29 is 23.7 Å². The molecule has 0 saturated heterocycles. The van der Waals surface area contributed by atoms with Crippen LogP contribution in [0.3, 0.4) is 0 Å². The third-order valence-electron chi connectivity index (χ3n) is 8.58. The van der Waals surface area contributed by atoms with Gasteiger partial charge in [-0.25, -0.2) is 0 Å². The third kappa shape index (κ3) is 6.05. The molecule has 0 saturated carbocycles. The van der Waals surface area contributed by atoms with E-state index >= 15 is 0 Å². The molecule has 1 aliphatic carbocycles. The molecule has 0 spiro atoms. The van der Waals surface area contributed by atoms with E-state index in [1.165, 1.54) is 45.5 Å². The first-order valence-electron chi connectivity index (χ1n) is 15.6. The Kier molecular flexibility index (Phi) is 8.90. The minimum absolute atomic E-state index is 0.0833. The fraction of sp³-hybridized carbons (Fsp3) is 0.275. The lowest BCUT2D eigenvalue weighted by atomic mass is 9.67. The lowest BCUT2D eigenvalue weighted by Crippen LogP contribution is -2.28. The summed E-state index contributed by atoms with van der Waals surface area (Å²) in [6.07, 6.45) is 0. The van der Waals surface area contributed by atoms with E-state index < -0.39 is 5.41 Å². The molecule has 45 heavy (non-hydrogen) atoms. The van der Waals surface area contributed by atoms with Gasteiger partial charge in [0.2, 0.25) is 0 Å². The molecule has 0 N–H and O–H groups in total. The minimum atomic E-state index is -0.543. The van der Waals surface area contributed by atoms with E-state index in [1.54, 1.807) is 7.11 Å². The van der Waals surface area contributed by atoms with Crippen molar-refractivity contribution in [1.82, 2.24) is 0 Å². The molecule has 3 atom stereocenters. The number of methoxy groups -OCH3 is 1. The zero-order valence-electron chi connectivity index (χ0n) is 26.4. The summed E-state index contributed by atoms with van der Waals surface area (Å²) in [7, 11) is 1.72. The molecular formula is C40H40O5. The average molecular weight is 601 g/mol. The van der Waals surface area contributed by atoms with Gasteiger partial charge in [0.25, 0.3) is 0 Å². The Bertz CT molecular complexity index is 1780. The van der Waals surface area contributed by atoms with Gasteiger partial charge < -0.3 is 18.9 Å². The van der Waals surface area contributed by atoms with Gasteiger partial charge in [-0.15, -0.1) is 0 Å². The number of hydrogen-bond acceptors (Lipinski definition) is 5. The predicted octanol–water partition coefficient (Wildman–Crippen LogP) is 8.44. The largest absolute Gasteiger partial charge is 0.493 e. The summed E-state index contributed by atoms with van der Waals surface area (Å²) < 4.78 is 22.7. The Balaban J connectivity index is 1.43. The summed E-state index contributed by atoms with van der Waals surface area (Å²) in [5, 5.41) is 2.43. The highest BCUT2D eigenvalue weighted by Gasteiger charge is 2.46.